The molecule has 0 heterocycles. The summed E-state index contributed by atoms with van der Waals surface area (Å²) >= 11 is 1.55. The fraction of sp³-hybridized carbons (Fsp3) is 0.455. The number of nitrogens with two attached hydrogens (primary N) is 1. The molecule has 1 unspecified atom stereocenters. The van der Waals surface area contributed by atoms with Crippen molar-refractivity contribution in [3.63, 3.8) is 0 Å². The predicted octanol–water partition coefficient (Wildman–Crippen LogP) is 1.78. The lowest BCUT2D eigenvalue weighted by molar-refractivity contribution is 0.414. The third-order valence-electron chi connectivity index (χ3n) is 2.60. The molecule has 0 radical (unpaired) electrons. The summed E-state index contributed by atoms with van der Waals surface area (Å²) in [5.41, 5.74) is 5.56. The van der Waals surface area contributed by atoms with Gasteiger partial charge in [0.25, 0.3) is 0 Å². The molecule has 1 rings (SSSR count). The van der Waals surface area contributed by atoms with Crippen LogP contribution in [0.25, 0.3) is 0 Å². The normalized spacial score (nSPS) is 13.8. The number of halogens is 1. The SMILES string of the molecule is CSCC(C)N(C)S(=O)(=O)c1cc(N)cc(F)c1. The van der Waals surface area contributed by atoms with Crippen LogP contribution in [0.2, 0.25) is 0 Å². The molecule has 0 aliphatic rings. The molecule has 1 atom stereocenters. The number of thioether (sulfide) groups is 1. The highest BCUT2D eigenvalue weighted by Gasteiger charge is 2.25. The summed E-state index contributed by atoms with van der Waals surface area (Å²) in [6.07, 6.45) is 1.90. The maximum atomic E-state index is 13.2. The van der Waals surface area contributed by atoms with Gasteiger partial charge >= 0.3 is 0 Å². The van der Waals surface area contributed by atoms with Gasteiger partial charge in [-0.15, -0.1) is 0 Å². The van der Waals surface area contributed by atoms with Crippen LogP contribution in [0.5, 0.6) is 0 Å². The Morgan fingerprint density at radius 1 is 1.44 bits per heavy atom. The zero-order chi connectivity index (χ0) is 13.9. The Morgan fingerprint density at radius 2 is 2.06 bits per heavy atom. The summed E-state index contributed by atoms with van der Waals surface area (Å²) in [6, 6.07) is 3.16. The van der Waals surface area contributed by atoms with Crippen LogP contribution in [0.4, 0.5) is 10.1 Å². The molecular weight excluding hydrogens is 275 g/mol. The second-order valence-electron chi connectivity index (χ2n) is 4.05. The molecular formula is C11H17FN2O2S2. The van der Waals surface area contributed by atoms with E-state index in [9.17, 15) is 12.8 Å². The summed E-state index contributed by atoms with van der Waals surface area (Å²) in [7, 11) is -2.22. The van der Waals surface area contributed by atoms with Gasteiger partial charge < -0.3 is 5.73 Å². The first-order chi connectivity index (χ1) is 8.28. The van der Waals surface area contributed by atoms with Crippen LogP contribution >= 0.6 is 11.8 Å². The highest BCUT2D eigenvalue weighted by atomic mass is 32.2. The first kappa shape index (κ1) is 15.3. The zero-order valence-electron chi connectivity index (χ0n) is 10.6. The molecule has 0 aliphatic heterocycles. The number of anilines is 1. The maximum Gasteiger partial charge on any atom is 0.243 e. The molecule has 0 spiro atoms. The summed E-state index contributed by atoms with van der Waals surface area (Å²) in [6.45, 7) is 1.80. The molecule has 102 valence electrons. The van der Waals surface area contributed by atoms with Gasteiger partial charge in [0, 0.05) is 24.5 Å². The van der Waals surface area contributed by atoms with Crippen molar-refractivity contribution in [2.45, 2.75) is 17.9 Å². The first-order valence-corrected chi connectivity index (χ1v) is 8.15. The summed E-state index contributed by atoms with van der Waals surface area (Å²) in [5.74, 6) is 0.0139. The van der Waals surface area contributed by atoms with Crippen molar-refractivity contribution < 1.29 is 12.8 Å². The minimum absolute atomic E-state index is 0.0968. The van der Waals surface area contributed by atoms with E-state index >= 15 is 0 Å². The molecule has 0 amide bonds. The van der Waals surface area contributed by atoms with E-state index in [2.05, 4.69) is 0 Å². The van der Waals surface area contributed by atoms with Crippen LogP contribution in [0, 0.1) is 5.82 Å². The lowest BCUT2D eigenvalue weighted by Crippen LogP contribution is -2.36. The average Bonchev–Trinajstić information content (AvgIpc) is 2.27. The van der Waals surface area contributed by atoms with E-state index in [4.69, 9.17) is 5.73 Å². The molecule has 0 saturated heterocycles. The number of rotatable bonds is 5. The van der Waals surface area contributed by atoms with Gasteiger partial charge in [-0.3, -0.25) is 0 Å². The van der Waals surface area contributed by atoms with Crippen molar-refractivity contribution in [3.8, 4) is 0 Å². The van der Waals surface area contributed by atoms with Gasteiger partial charge in [-0.2, -0.15) is 16.1 Å². The Hall–Kier alpha value is -0.790. The van der Waals surface area contributed by atoms with Gasteiger partial charge in [-0.25, -0.2) is 12.8 Å². The standard InChI is InChI=1S/C11H17FN2O2S2/c1-8(7-17-3)14(2)18(15,16)11-5-9(12)4-10(13)6-11/h4-6,8H,7,13H2,1-3H3. The Morgan fingerprint density at radius 3 is 2.56 bits per heavy atom. The van der Waals surface area contributed by atoms with Gasteiger partial charge in [-0.1, -0.05) is 0 Å². The van der Waals surface area contributed by atoms with E-state index in [1.54, 1.807) is 18.7 Å². The van der Waals surface area contributed by atoms with Crippen LogP contribution in [0.1, 0.15) is 6.92 Å². The molecule has 2 N–H and O–H groups in total. The lowest BCUT2D eigenvalue weighted by Gasteiger charge is -2.23. The van der Waals surface area contributed by atoms with Crippen LogP contribution < -0.4 is 5.73 Å². The average molecular weight is 292 g/mol. The maximum absolute atomic E-state index is 13.2. The van der Waals surface area contributed by atoms with Crippen molar-refractivity contribution in [2.75, 3.05) is 24.8 Å². The zero-order valence-corrected chi connectivity index (χ0v) is 12.2. The number of benzene rings is 1. The minimum atomic E-state index is -3.71. The van der Waals surface area contributed by atoms with Gasteiger partial charge in [0.15, 0.2) is 0 Å². The van der Waals surface area contributed by atoms with E-state index in [0.717, 1.165) is 12.1 Å². The summed E-state index contributed by atoms with van der Waals surface area (Å²) in [5, 5.41) is 0. The number of sulfonamides is 1. The highest BCUT2D eigenvalue weighted by Crippen LogP contribution is 2.21. The number of hydrogen-bond donors (Lipinski definition) is 1. The van der Waals surface area contributed by atoms with E-state index in [0.29, 0.717) is 5.75 Å². The van der Waals surface area contributed by atoms with E-state index in [-0.39, 0.29) is 16.6 Å². The van der Waals surface area contributed by atoms with Crippen molar-refractivity contribution in [2.24, 2.45) is 0 Å². The van der Waals surface area contributed by atoms with Crippen LogP contribution in [-0.2, 0) is 10.0 Å². The van der Waals surface area contributed by atoms with Crippen LogP contribution in [-0.4, -0.2) is 37.8 Å². The molecule has 1 aromatic carbocycles. The Kier molecular flexibility index (Phi) is 5.01. The molecule has 4 nitrogen and oxygen atoms in total. The molecule has 18 heavy (non-hydrogen) atoms. The Labute approximate surface area is 111 Å². The van der Waals surface area contributed by atoms with E-state index in [1.807, 2.05) is 6.26 Å². The van der Waals surface area contributed by atoms with Crippen molar-refractivity contribution in [1.29, 1.82) is 0 Å². The van der Waals surface area contributed by atoms with Crippen LogP contribution in [0.15, 0.2) is 23.1 Å². The molecule has 0 bridgehead atoms. The molecule has 0 aromatic heterocycles. The second kappa shape index (κ2) is 5.90. The lowest BCUT2D eigenvalue weighted by atomic mass is 10.3. The molecule has 7 heteroatoms. The summed E-state index contributed by atoms with van der Waals surface area (Å²) < 4.78 is 38.9. The van der Waals surface area contributed by atoms with Gasteiger partial charge in [0.2, 0.25) is 10.0 Å². The Balaban J connectivity index is 3.13. The second-order valence-corrected chi connectivity index (χ2v) is 6.95. The van der Waals surface area contributed by atoms with Crippen molar-refractivity contribution >= 4 is 27.5 Å². The van der Waals surface area contributed by atoms with Crippen LogP contribution in [0.3, 0.4) is 0 Å². The van der Waals surface area contributed by atoms with E-state index in [1.165, 1.54) is 17.4 Å². The topological polar surface area (TPSA) is 63.4 Å². The Bertz CT molecular complexity index is 500. The van der Waals surface area contributed by atoms with Crippen molar-refractivity contribution in [3.05, 3.63) is 24.0 Å². The minimum Gasteiger partial charge on any atom is -0.399 e. The smallest absolute Gasteiger partial charge is 0.243 e. The van der Waals surface area contributed by atoms with Gasteiger partial charge in [0.05, 0.1) is 4.90 Å². The monoisotopic (exact) mass is 292 g/mol. The third-order valence-corrected chi connectivity index (χ3v) is 5.36. The first-order valence-electron chi connectivity index (χ1n) is 5.32. The third kappa shape index (κ3) is 3.37. The molecule has 0 fully saturated rings. The van der Waals surface area contributed by atoms with Crippen molar-refractivity contribution in [1.82, 2.24) is 4.31 Å². The van der Waals surface area contributed by atoms with Gasteiger partial charge in [0.1, 0.15) is 5.82 Å². The fourth-order valence-corrected chi connectivity index (χ4v) is 3.71. The number of nitrogens with zero attached hydrogens (tertiary/aromatic N) is 1. The number of hydrogen-bond acceptors (Lipinski definition) is 4. The largest absolute Gasteiger partial charge is 0.399 e. The molecule has 1 aromatic rings. The van der Waals surface area contributed by atoms with E-state index < -0.39 is 15.8 Å². The number of nitrogen functional groups attached to an aromatic ring is 1. The quantitative estimate of drug-likeness (QED) is 0.840. The van der Waals surface area contributed by atoms with Gasteiger partial charge in [-0.05, 0) is 31.4 Å². The summed E-state index contributed by atoms with van der Waals surface area (Å²) in [4.78, 5) is -0.115. The molecule has 0 aliphatic carbocycles. The highest BCUT2D eigenvalue weighted by molar-refractivity contribution is 7.98. The predicted molar refractivity (Wildman–Crippen MR) is 73.6 cm³/mol. The molecule has 0 saturated carbocycles. The fourth-order valence-electron chi connectivity index (χ4n) is 1.48.